The molecule has 0 aromatic heterocycles. The fraction of sp³-hybridized carbons (Fsp3) is 0.872. The van der Waals surface area contributed by atoms with Crippen LogP contribution in [0.4, 0.5) is 0 Å². The van der Waals surface area contributed by atoms with Crippen molar-refractivity contribution in [1.82, 2.24) is 0 Å². The van der Waals surface area contributed by atoms with E-state index in [1.54, 1.807) is 0 Å². The lowest BCUT2D eigenvalue weighted by molar-refractivity contribution is -0.693. The Labute approximate surface area is 686 Å². The van der Waals surface area contributed by atoms with Crippen LogP contribution in [0.3, 0.4) is 0 Å². The van der Waals surface area contributed by atoms with Crippen molar-refractivity contribution in [3.63, 3.8) is 0 Å². The normalized spacial score (nSPS) is 11.5. The predicted molar refractivity (Wildman–Crippen MR) is 470 cm³/mol. The van der Waals surface area contributed by atoms with Crippen molar-refractivity contribution >= 4 is 23.9 Å². The monoisotopic (exact) mass is 1590 g/mol. The quantitative estimate of drug-likeness (QED) is 0.0121. The molecule has 18 heteroatoms. The Morgan fingerprint density at radius 3 is 0.420 bits per heavy atom. The van der Waals surface area contributed by atoms with Crippen LogP contribution < -0.4 is 0 Å². The second kappa shape index (κ2) is 98.8. The minimum atomic E-state index is -2.85. The fourth-order valence-corrected chi connectivity index (χ4v) is 13.5. The van der Waals surface area contributed by atoms with Crippen molar-refractivity contribution in [2.75, 3.05) is 26.4 Å². The summed E-state index contributed by atoms with van der Waals surface area (Å²) in [4.78, 5) is 60.4. The van der Waals surface area contributed by atoms with Crippen molar-refractivity contribution < 1.29 is 69.9 Å². The van der Waals surface area contributed by atoms with Crippen molar-refractivity contribution in [3.05, 3.63) is 68.8 Å². The number of hydrogen-bond donors (Lipinski definition) is 8. The summed E-state index contributed by atoms with van der Waals surface area (Å²) in [7, 11) is 0. The second-order valence-electron chi connectivity index (χ2n) is 31.8. The van der Waals surface area contributed by atoms with Crippen LogP contribution in [0.15, 0.2) is 48.6 Å². The maximum absolute atomic E-state index is 10.7. The van der Waals surface area contributed by atoms with Gasteiger partial charge in [-0.25, -0.2) is 0 Å². The van der Waals surface area contributed by atoms with Gasteiger partial charge < -0.3 is 40.9 Å². The molecular formula is C94H180N2O16. The van der Waals surface area contributed by atoms with Crippen molar-refractivity contribution in [3.8, 4) is 0 Å². The van der Waals surface area contributed by atoms with Gasteiger partial charge in [0.1, 0.15) is 26.4 Å². The Bertz CT molecular complexity index is 1830. The van der Waals surface area contributed by atoms with Gasteiger partial charge in [0, 0.05) is 35.5 Å². The molecule has 0 aliphatic heterocycles. The molecule has 0 radical (unpaired) electrons. The van der Waals surface area contributed by atoms with E-state index in [1.165, 1.54) is 385 Å². The molecule has 0 amide bonds. The third-order valence-electron chi connectivity index (χ3n) is 21.2. The van der Waals surface area contributed by atoms with E-state index >= 15 is 0 Å². The van der Waals surface area contributed by atoms with Crippen LogP contribution in [-0.4, -0.2) is 112 Å². The van der Waals surface area contributed by atoms with Gasteiger partial charge in [-0.05, 0) is 128 Å². The minimum absolute atomic E-state index is 0.340. The van der Waals surface area contributed by atoms with Gasteiger partial charge in [-0.1, -0.05) is 385 Å². The minimum Gasteiger partial charge on any atom is -0.481 e. The van der Waals surface area contributed by atoms with E-state index in [0.29, 0.717) is 25.7 Å². The zero-order valence-electron chi connectivity index (χ0n) is 73.1. The lowest BCUT2D eigenvalue weighted by atomic mass is 9.79. The summed E-state index contributed by atoms with van der Waals surface area (Å²) in [5.74, 6) is -2.63. The standard InChI is InChI=1S/4C22H42O2.C6H12N2O8/c4*1-2-3-4-5-6-7-8-9-10-11-12-13-14-15-16-17-18-19-20-21-22(23)24;9-1-5(2-10,7(13)14)6(3-11,4-12)8(15)16/h4*9-10H,2-8,11-21H2,1H3,(H,23,24);9-12H,1-4H2/b4*10-9-;. The Hall–Kier alpha value is -4.52. The maximum atomic E-state index is 10.7. The van der Waals surface area contributed by atoms with E-state index in [4.69, 9.17) is 40.9 Å². The highest BCUT2D eigenvalue weighted by Gasteiger charge is 2.70. The summed E-state index contributed by atoms with van der Waals surface area (Å²) in [6.45, 7) is 3.53. The molecule has 0 heterocycles. The van der Waals surface area contributed by atoms with E-state index in [1.807, 2.05) is 0 Å². The highest BCUT2D eigenvalue weighted by Crippen LogP contribution is 2.29. The van der Waals surface area contributed by atoms with E-state index in [0.717, 1.165) is 51.4 Å². The summed E-state index contributed by atoms with van der Waals surface area (Å²) in [5, 5.41) is 91.1. The van der Waals surface area contributed by atoms with E-state index < -0.39 is 71.2 Å². The highest BCUT2D eigenvalue weighted by atomic mass is 16.7. The van der Waals surface area contributed by atoms with Gasteiger partial charge in [-0.2, -0.15) is 0 Å². The lowest BCUT2D eigenvalue weighted by Gasteiger charge is -2.32. The Morgan fingerprint density at radius 2 is 0.321 bits per heavy atom. The summed E-state index contributed by atoms with van der Waals surface area (Å²) in [5.41, 5.74) is -5.69. The SMILES string of the molecule is CCCCCCCC/C=C\CCCCCCCCCCCC(=O)O.CCCCCCCC/C=C\CCCCCCCCCCCC(=O)O.CCCCCCCC/C=C\CCCCCCCCCCCC(=O)O.CCCCCCCC/C=C\CCCCCCCCCCCC(=O)O.O=[N+]([O-])C(CO)(CO)C(CO)(CO)[N+](=O)[O-]. The van der Waals surface area contributed by atoms with Crippen LogP contribution in [0.5, 0.6) is 0 Å². The van der Waals surface area contributed by atoms with E-state index in [9.17, 15) is 39.4 Å². The summed E-state index contributed by atoms with van der Waals surface area (Å²) in [6.07, 6.45) is 108. The Kier molecular flexibility index (Phi) is 102. The molecule has 0 rings (SSSR count). The number of nitrogens with zero attached hydrogens (tertiary/aromatic N) is 2. The molecule has 0 unspecified atom stereocenters. The average molecular weight is 1590 g/mol. The molecule has 0 aromatic carbocycles. The molecule has 0 aromatic rings. The fourth-order valence-electron chi connectivity index (χ4n) is 13.5. The maximum Gasteiger partial charge on any atom is 0.339 e. The molecular weight excluding hydrogens is 1410 g/mol. The molecule has 0 spiro atoms. The molecule has 0 atom stereocenters. The molecule has 18 nitrogen and oxygen atoms in total. The largest absolute Gasteiger partial charge is 0.481 e. The number of allylic oxidation sites excluding steroid dienone is 8. The number of carboxylic acid groups (broad SMARTS) is 4. The number of nitro groups is 2. The molecule has 112 heavy (non-hydrogen) atoms. The van der Waals surface area contributed by atoms with E-state index in [-0.39, 0.29) is 0 Å². The topological polar surface area (TPSA) is 316 Å². The molecule has 0 saturated heterocycles. The van der Waals surface area contributed by atoms with Gasteiger partial charge in [0.05, 0.1) is 0 Å². The summed E-state index contributed by atoms with van der Waals surface area (Å²) >= 11 is 0. The molecule has 0 aliphatic carbocycles. The van der Waals surface area contributed by atoms with Crippen LogP contribution >= 0.6 is 0 Å². The first-order chi connectivity index (χ1) is 54.5. The number of rotatable bonds is 83. The van der Waals surface area contributed by atoms with Gasteiger partial charge in [-0.3, -0.25) is 39.4 Å². The number of hydrogen-bond acceptors (Lipinski definition) is 12. The first kappa shape index (κ1) is 116. The van der Waals surface area contributed by atoms with E-state index in [2.05, 4.69) is 76.3 Å². The number of aliphatic carboxylic acids is 4. The number of aliphatic hydroxyl groups is 4. The zero-order valence-corrected chi connectivity index (χ0v) is 73.1. The molecule has 0 fully saturated rings. The number of carbonyl (C=O) groups is 4. The van der Waals surface area contributed by atoms with Gasteiger partial charge in [0.2, 0.25) is 0 Å². The third kappa shape index (κ3) is 91.0. The molecule has 0 bridgehead atoms. The summed E-state index contributed by atoms with van der Waals surface area (Å²) < 4.78 is 0. The zero-order chi connectivity index (χ0) is 83.9. The van der Waals surface area contributed by atoms with Crippen LogP contribution in [0, 0.1) is 20.2 Å². The van der Waals surface area contributed by atoms with Crippen molar-refractivity contribution in [1.29, 1.82) is 0 Å². The van der Waals surface area contributed by atoms with Gasteiger partial charge in [0.25, 0.3) is 0 Å². The van der Waals surface area contributed by atoms with Gasteiger partial charge in [-0.15, -0.1) is 0 Å². The van der Waals surface area contributed by atoms with Crippen LogP contribution in [0.1, 0.15) is 490 Å². The van der Waals surface area contributed by atoms with Crippen molar-refractivity contribution in [2.24, 2.45) is 0 Å². The molecule has 0 saturated carbocycles. The first-order valence-electron chi connectivity index (χ1n) is 46.7. The summed E-state index contributed by atoms with van der Waals surface area (Å²) in [6, 6.07) is 0. The smallest absolute Gasteiger partial charge is 0.339 e. The Morgan fingerprint density at radius 1 is 0.214 bits per heavy atom. The van der Waals surface area contributed by atoms with Crippen LogP contribution in [-0.2, 0) is 19.2 Å². The highest BCUT2D eigenvalue weighted by molar-refractivity contribution is 5.67. The second-order valence-corrected chi connectivity index (χ2v) is 31.8. The molecule has 662 valence electrons. The van der Waals surface area contributed by atoms with Crippen LogP contribution in [0.25, 0.3) is 0 Å². The van der Waals surface area contributed by atoms with Gasteiger partial charge >= 0.3 is 35.0 Å². The van der Waals surface area contributed by atoms with Crippen molar-refractivity contribution in [2.45, 2.75) is 501 Å². The lowest BCUT2D eigenvalue weighted by Crippen LogP contribution is -2.71. The number of carboxylic acids is 4. The predicted octanol–water partition coefficient (Wildman–Crippen LogP) is 27.7. The Balaban J connectivity index is -0.000000429. The van der Waals surface area contributed by atoms with Crippen LogP contribution in [0.2, 0.25) is 0 Å². The number of unbranched alkanes of at least 4 members (excludes halogenated alkanes) is 60. The first-order valence-corrected chi connectivity index (χ1v) is 46.7. The molecule has 8 N–H and O–H groups in total. The third-order valence-corrected chi connectivity index (χ3v) is 21.2. The average Bonchev–Trinajstić information content (AvgIpc) is 0.759. The number of aliphatic hydroxyl groups excluding tert-OH is 4. The molecule has 0 aliphatic rings. The van der Waals surface area contributed by atoms with Gasteiger partial charge in [0.15, 0.2) is 0 Å².